The van der Waals surface area contributed by atoms with Gasteiger partial charge in [-0.25, -0.2) is 4.79 Å². The molecular formula is C11H13NO2. The Labute approximate surface area is 82.8 Å². The number of anilines is 1. The topological polar surface area (TPSA) is 49.3 Å². The summed E-state index contributed by atoms with van der Waals surface area (Å²) in [5, 5.41) is 12.2. The fourth-order valence-corrected chi connectivity index (χ4v) is 1.78. The summed E-state index contributed by atoms with van der Waals surface area (Å²) in [5.74, 6) is -0.855. The predicted molar refractivity (Wildman–Crippen MR) is 54.8 cm³/mol. The molecule has 0 fully saturated rings. The molecule has 0 saturated heterocycles. The van der Waals surface area contributed by atoms with Gasteiger partial charge in [-0.05, 0) is 43.5 Å². The van der Waals surface area contributed by atoms with Gasteiger partial charge in [0.05, 0.1) is 5.56 Å². The Kier molecular flexibility index (Phi) is 2.15. The monoisotopic (exact) mass is 191 g/mol. The van der Waals surface area contributed by atoms with E-state index in [1.807, 2.05) is 6.07 Å². The first kappa shape index (κ1) is 9.06. The molecular weight excluding hydrogens is 178 g/mol. The third kappa shape index (κ3) is 1.58. The van der Waals surface area contributed by atoms with Crippen LogP contribution >= 0.6 is 0 Å². The molecule has 1 aliphatic rings. The predicted octanol–water partition coefficient (Wildman–Crippen LogP) is 2.13. The average Bonchev–Trinajstić information content (AvgIpc) is 2.16. The summed E-state index contributed by atoms with van der Waals surface area (Å²) < 4.78 is 0. The van der Waals surface area contributed by atoms with Crippen LogP contribution in [0.4, 0.5) is 5.69 Å². The molecule has 0 radical (unpaired) electrons. The van der Waals surface area contributed by atoms with Gasteiger partial charge in [-0.15, -0.1) is 0 Å². The number of carbonyl (C=O) groups is 1. The summed E-state index contributed by atoms with van der Waals surface area (Å²) in [7, 11) is 0. The number of rotatable bonds is 1. The SMILES string of the molecule is C[C@@H]1CCc2cc(C(=O)O)ccc2N1. The minimum atomic E-state index is -0.855. The number of carboxylic acid groups (broad SMARTS) is 1. The Morgan fingerprint density at radius 3 is 3.07 bits per heavy atom. The number of hydrogen-bond acceptors (Lipinski definition) is 2. The maximum absolute atomic E-state index is 10.7. The molecule has 0 bridgehead atoms. The number of nitrogens with one attached hydrogen (secondary N) is 1. The van der Waals surface area contributed by atoms with E-state index in [0.717, 1.165) is 24.1 Å². The van der Waals surface area contributed by atoms with Crippen LogP contribution in [0.15, 0.2) is 18.2 Å². The number of aromatic carboxylic acids is 1. The van der Waals surface area contributed by atoms with Crippen LogP contribution in [0.3, 0.4) is 0 Å². The lowest BCUT2D eigenvalue weighted by Gasteiger charge is -2.24. The molecule has 0 spiro atoms. The Morgan fingerprint density at radius 1 is 1.57 bits per heavy atom. The lowest BCUT2D eigenvalue weighted by Crippen LogP contribution is -2.22. The highest BCUT2D eigenvalue weighted by molar-refractivity contribution is 5.88. The first-order valence-electron chi connectivity index (χ1n) is 4.79. The fourth-order valence-electron chi connectivity index (χ4n) is 1.78. The summed E-state index contributed by atoms with van der Waals surface area (Å²) in [6, 6.07) is 5.75. The van der Waals surface area contributed by atoms with Crippen LogP contribution in [0.5, 0.6) is 0 Å². The van der Waals surface area contributed by atoms with Gasteiger partial charge in [-0.2, -0.15) is 0 Å². The summed E-state index contributed by atoms with van der Waals surface area (Å²) in [6.07, 6.45) is 2.03. The molecule has 1 aromatic carbocycles. The van der Waals surface area contributed by atoms with Crippen LogP contribution in [0.1, 0.15) is 29.3 Å². The van der Waals surface area contributed by atoms with E-state index in [4.69, 9.17) is 5.11 Å². The largest absolute Gasteiger partial charge is 0.478 e. The highest BCUT2D eigenvalue weighted by Gasteiger charge is 2.15. The van der Waals surface area contributed by atoms with Crippen LogP contribution in [0.25, 0.3) is 0 Å². The molecule has 2 rings (SSSR count). The first-order chi connectivity index (χ1) is 6.66. The molecule has 0 aromatic heterocycles. The van der Waals surface area contributed by atoms with Crippen LogP contribution in [-0.2, 0) is 6.42 Å². The Morgan fingerprint density at radius 2 is 2.36 bits per heavy atom. The molecule has 74 valence electrons. The van der Waals surface area contributed by atoms with Crippen LogP contribution in [-0.4, -0.2) is 17.1 Å². The Balaban J connectivity index is 2.36. The van der Waals surface area contributed by atoms with Crippen molar-refractivity contribution in [3.63, 3.8) is 0 Å². The van der Waals surface area contributed by atoms with Crippen molar-refractivity contribution in [1.29, 1.82) is 0 Å². The fraction of sp³-hybridized carbons (Fsp3) is 0.364. The second-order valence-electron chi connectivity index (χ2n) is 3.76. The molecule has 1 aliphatic heterocycles. The van der Waals surface area contributed by atoms with E-state index < -0.39 is 5.97 Å². The van der Waals surface area contributed by atoms with Gasteiger partial charge in [0.2, 0.25) is 0 Å². The zero-order valence-electron chi connectivity index (χ0n) is 8.08. The molecule has 3 heteroatoms. The maximum Gasteiger partial charge on any atom is 0.335 e. The summed E-state index contributed by atoms with van der Waals surface area (Å²) in [5.41, 5.74) is 2.57. The van der Waals surface area contributed by atoms with Gasteiger partial charge in [0, 0.05) is 11.7 Å². The molecule has 0 amide bonds. The lowest BCUT2D eigenvalue weighted by atomic mass is 9.97. The van der Waals surface area contributed by atoms with Gasteiger partial charge >= 0.3 is 5.97 Å². The lowest BCUT2D eigenvalue weighted by molar-refractivity contribution is 0.0697. The third-order valence-electron chi connectivity index (χ3n) is 2.60. The van der Waals surface area contributed by atoms with Gasteiger partial charge in [0.1, 0.15) is 0 Å². The zero-order valence-corrected chi connectivity index (χ0v) is 8.08. The van der Waals surface area contributed by atoms with E-state index in [0.29, 0.717) is 11.6 Å². The maximum atomic E-state index is 10.7. The summed E-state index contributed by atoms with van der Waals surface area (Å²) in [6.45, 7) is 2.13. The van der Waals surface area contributed by atoms with Crippen LogP contribution in [0.2, 0.25) is 0 Å². The zero-order chi connectivity index (χ0) is 10.1. The molecule has 1 heterocycles. The van der Waals surface area contributed by atoms with Gasteiger partial charge in [-0.1, -0.05) is 0 Å². The van der Waals surface area contributed by atoms with E-state index in [-0.39, 0.29) is 0 Å². The van der Waals surface area contributed by atoms with E-state index in [2.05, 4.69) is 12.2 Å². The van der Waals surface area contributed by atoms with Crippen molar-refractivity contribution in [1.82, 2.24) is 0 Å². The van der Waals surface area contributed by atoms with Crippen LogP contribution < -0.4 is 5.32 Å². The average molecular weight is 191 g/mol. The molecule has 2 N–H and O–H groups in total. The number of benzene rings is 1. The van der Waals surface area contributed by atoms with E-state index in [9.17, 15) is 4.79 Å². The minimum Gasteiger partial charge on any atom is -0.478 e. The molecule has 1 atom stereocenters. The smallest absolute Gasteiger partial charge is 0.335 e. The standard InChI is InChI=1S/C11H13NO2/c1-7-2-3-8-6-9(11(13)14)4-5-10(8)12-7/h4-7,12H,2-3H2,1H3,(H,13,14)/t7-/m1/s1. The van der Waals surface area contributed by atoms with Crippen molar-refractivity contribution < 1.29 is 9.90 Å². The number of fused-ring (bicyclic) bond motifs is 1. The molecule has 0 saturated carbocycles. The highest BCUT2D eigenvalue weighted by Crippen LogP contribution is 2.25. The third-order valence-corrected chi connectivity index (χ3v) is 2.60. The van der Waals surface area contributed by atoms with E-state index in [1.165, 1.54) is 0 Å². The molecule has 14 heavy (non-hydrogen) atoms. The minimum absolute atomic E-state index is 0.375. The van der Waals surface area contributed by atoms with Crippen molar-refractivity contribution in [2.24, 2.45) is 0 Å². The number of aryl methyl sites for hydroxylation is 1. The number of hydrogen-bond donors (Lipinski definition) is 2. The van der Waals surface area contributed by atoms with Crippen molar-refractivity contribution in [2.75, 3.05) is 5.32 Å². The summed E-state index contributed by atoms with van der Waals surface area (Å²) >= 11 is 0. The Hall–Kier alpha value is -1.51. The van der Waals surface area contributed by atoms with Gasteiger partial charge in [0.25, 0.3) is 0 Å². The summed E-state index contributed by atoms with van der Waals surface area (Å²) in [4.78, 5) is 10.7. The highest BCUT2D eigenvalue weighted by atomic mass is 16.4. The molecule has 3 nitrogen and oxygen atoms in total. The van der Waals surface area contributed by atoms with Gasteiger partial charge in [-0.3, -0.25) is 0 Å². The van der Waals surface area contributed by atoms with Gasteiger partial charge < -0.3 is 10.4 Å². The first-order valence-corrected chi connectivity index (χ1v) is 4.79. The normalized spacial score (nSPS) is 19.6. The molecule has 0 unspecified atom stereocenters. The van der Waals surface area contributed by atoms with Crippen molar-refractivity contribution in [3.05, 3.63) is 29.3 Å². The second-order valence-corrected chi connectivity index (χ2v) is 3.76. The van der Waals surface area contributed by atoms with E-state index in [1.54, 1.807) is 12.1 Å². The van der Waals surface area contributed by atoms with E-state index >= 15 is 0 Å². The molecule has 1 aromatic rings. The second kappa shape index (κ2) is 3.33. The number of carboxylic acids is 1. The molecule has 0 aliphatic carbocycles. The Bertz CT molecular complexity index is 374. The van der Waals surface area contributed by atoms with Crippen molar-refractivity contribution in [3.8, 4) is 0 Å². The van der Waals surface area contributed by atoms with Gasteiger partial charge in [0.15, 0.2) is 0 Å². The van der Waals surface area contributed by atoms with Crippen LogP contribution in [0, 0.1) is 0 Å². The van der Waals surface area contributed by atoms with Crippen molar-refractivity contribution >= 4 is 11.7 Å². The quantitative estimate of drug-likeness (QED) is 0.715. The van der Waals surface area contributed by atoms with Crippen molar-refractivity contribution in [2.45, 2.75) is 25.8 Å².